The van der Waals surface area contributed by atoms with Crippen LogP contribution in [0.15, 0.2) is 12.4 Å². The Labute approximate surface area is 95.1 Å². The first kappa shape index (κ1) is 12.5. The molecule has 1 aromatic rings. The van der Waals surface area contributed by atoms with Crippen molar-refractivity contribution in [1.29, 1.82) is 0 Å². The van der Waals surface area contributed by atoms with Gasteiger partial charge in [-0.15, -0.1) is 0 Å². The molecule has 0 spiro atoms. The number of thioether (sulfide) groups is 1. The molecular formula is C10H19N3OS. The van der Waals surface area contributed by atoms with Crippen LogP contribution in [0.25, 0.3) is 0 Å². The largest absolute Gasteiger partial charge is 0.396 e. The summed E-state index contributed by atoms with van der Waals surface area (Å²) < 4.78 is 2.00. The van der Waals surface area contributed by atoms with Crippen LogP contribution < -0.4 is 5.32 Å². The van der Waals surface area contributed by atoms with Gasteiger partial charge in [0.15, 0.2) is 0 Å². The average molecular weight is 229 g/mol. The fraction of sp³-hybridized carbons (Fsp3) is 0.700. The minimum Gasteiger partial charge on any atom is -0.396 e. The van der Waals surface area contributed by atoms with Gasteiger partial charge in [-0.05, 0) is 12.7 Å². The van der Waals surface area contributed by atoms with E-state index in [1.807, 2.05) is 17.8 Å². The van der Waals surface area contributed by atoms with E-state index in [1.165, 1.54) is 0 Å². The van der Waals surface area contributed by atoms with Crippen LogP contribution >= 0.6 is 11.8 Å². The number of aliphatic hydroxyl groups is 1. The fourth-order valence-electron chi connectivity index (χ4n) is 1.40. The van der Waals surface area contributed by atoms with Gasteiger partial charge in [0.2, 0.25) is 0 Å². The molecule has 0 fully saturated rings. The molecule has 2 N–H and O–H groups in total. The van der Waals surface area contributed by atoms with Gasteiger partial charge in [0.25, 0.3) is 0 Å². The van der Waals surface area contributed by atoms with Gasteiger partial charge in [0, 0.05) is 37.8 Å². The zero-order valence-corrected chi connectivity index (χ0v) is 10.1. The predicted octanol–water partition coefficient (Wildman–Crippen LogP) is 0.624. The minimum absolute atomic E-state index is 0.235. The molecule has 86 valence electrons. The second kappa shape index (κ2) is 6.87. The van der Waals surface area contributed by atoms with Crippen LogP contribution in [-0.4, -0.2) is 39.3 Å². The summed E-state index contributed by atoms with van der Waals surface area (Å²) in [5.74, 6) is 2.05. The summed E-state index contributed by atoms with van der Waals surface area (Å²) in [6, 6.07) is 0.363. The van der Waals surface area contributed by atoms with Crippen molar-refractivity contribution in [2.24, 2.45) is 7.05 Å². The van der Waals surface area contributed by atoms with Crippen LogP contribution in [0, 0.1) is 0 Å². The van der Waals surface area contributed by atoms with E-state index in [2.05, 4.69) is 16.6 Å². The van der Waals surface area contributed by atoms with Gasteiger partial charge in [-0.2, -0.15) is 11.8 Å². The highest BCUT2D eigenvalue weighted by Crippen LogP contribution is 2.02. The van der Waals surface area contributed by atoms with Crippen LogP contribution in [0.3, 0.4) is 0 Å². The van der Waals surface area contributed by atoms with Crippen molar-refractivity contribution in [3.63, 3.8) is 0 Å². The normalized spacial score (nSPS) is 13.0. The van der Waals surface area contributed by atoms with E-state index in [9.17, 15) is 0 Å². The van der Waals surface area contributed by atoms with Gasteiger partial charge in [0.05, 0.1) is 6.54 Å². The van der Waals surface area contributed by atoms with Crippen LogP contribution in [0.4, 0.5) is 0 Å². The number of imidazole rings is 1. The highest BCUT2D eigenvalue weighted by Gasteiger charge is 2.07. The lowest BCUT2D eigenvalue weighted by atomic mass is 10.2. The van der Waals surface area contributed by atoms with Gasteiger partial charge >= 0.3 is 0 Å². The Morgan fingerprint density at radius 3 is 3.00 bits per heavy atom. The quantitative estimate of drug-likeness (QED) is 0.720. The zero-order chi connectivity index (χ0) is 11.1. The molecule has 1 unspecified atom stereocenters. The summed E-state index contributed by atoms with van der Waals surface area (Å²) in [6.45, 7) is 0.994. The maximum atomic E-state index is 8.90. The fourth-order valence-corrected chi connectivity index (χ4v) is 2.09. The Bertz CT molecular complexity index is 271. The molecular weight excluding hydrogens is 210 g/mol. The smallest absolute Gasteiger partial charge is 0.122 e. The first-order valence-corrected chi connectivity index (χ1v) is 6.46. The molecule has 5 heteroatoms. The number of hydrogen-bond acceptors (Lipinski definition) is 4. The molecule has 0 radical (unpaired) electrons. The van der Waals surface area contributed by atoms with E-state index in [4.69, 9.17) is 5.11 Å². The highest BCUT2D eigenvalue weighted by molar-refractivity contribution is 7.98. The summed E-state index contributed by atoms with van der Waals surface area (Å²) in [5, 5.41) is 12.3. The number of aliphatic hydroxyl groups excluding tert-OH is 1. The summed E-state index contributed by atoms with van der Waals surface area (Å²) in [4.78, 5) is 4.24. The predicted molar refractivity (Wildman–Crippen MR) is 63.9 cm³/mol. The number of aryl methyl sites for hydroxylation is 1. The van der Waals surface area contributed by atoms with Gasteiger partial charge in [-0.3, -0.25) is 0 Å². The molecule has 1 atom stereocenters. The second-order valence-electron chi connectivity index (χ2n) is 3.50. The lowest BCUT2D eigenvalue weighted by Crippen LogP contribution is -2.32. The highest BCUT2D eigenvalue weighted by atomic mass is 32.2. The molecule has 0 aliphatic heterocycles. The molecule has 1 heterocycles. The first-order chi connectivity index (χ1) is 7.27. The van der Waals surface area contributed by atoms with Crippen molar-refractivity contribution in [3.05, 3.63) is 18.2 Å². The van der Waals surface area contributed by atoms with Crippen molar-refractivity contribution in [2.45, 2.75) is 19.0 Å². The molecule has 0 aliphatic carbocycles. The lowest BCUT2D eigenvalue weighted by molar-refractivity contribution is 0.269. The molecule has 0 aliphatic rings. The number of nitrogens with zero attached hydrogens (tertiary/aromatic N) is 2. The Hall–Kier alpha value is -0.520. The molecule has 0 saturated heterocycles. The third-order valence-electron chi connectivity index (χ3n) is 2.32. The third kappa shape index (κ3) is 4.24. The van der Waals surface area contributed by atoms with Crippen molar-refractivity contribution >= 4 is 11.8 Å². The zero-order valence-electron chi connectivity index (χ0n) is 9.31. The molecule has 1 rings (SSSR count). The number of aromatic nitrogens is 2. The lowest BCUT2D eigenvalue weighted by Gasteiger charge is -2.16. The van der Waals surface area contributed by atoms with Crippen LogP contribution in [-0.2, 0) is 13.6 Å². The maximum absolute atomic E-state index is 8.90. The van der Waals surface area contributed by atoms with E-state index in [-0.39, 0.29) is 6.61 Å². The van der Waals surface area contributed by atoms with E-state index in [0.717, 1.165) is 24.5 Å². The molecule has 0 bridgehead atoms. The Balaban J connectivity index is 2.36. The third-order valence-corrected chi connectivity index (χ3v) is 3.05. The standard InChI is InChI=1S/C10H19N3OS/c1-13-5-4-11-10(13)7-12-9(3-6-14)8-15-2/h4-5,9,12,14H,3,6-8H2,1-2H3. The van der Waals surface area contributed by atoms with E-state index in [0.29, 0.717) is 6.04 Å². The van der Waals surface area contributed by atoms with Gasteiger partial charge in [-0.25, -0.2) is 4.98 Å². The van der Waals surface area contributed by atoms with Gasteiger partial charge < -0.3 is 15.0 Å². The number of rotatable bonds is 7. The Morgan fingerprint density at radius 1 is 1.67 bits per heavy atom. The molecule has 4 nitrogen and oxygen atoms in total. The summed E-state index contributed by atoms with van der Waals surface area (Å²) >= 11 is 1.79. The van der Waals surface area contributed by atoms with Crippen molar-refractivity contribution < 1.29 is 5.11 Å². The monoisotopic (exact) mass is 229 g/mol. The maximum Gasteiger partial charge on any atom is 0.122 e. The van der Waals surface area contributed by atoms with Crippen molar-refractivity contribution in [1.82, 2.24) is 14.9 Å². The molecule has 1 aromatic heterocycles. The summed E-state index contributed by atoms with van der Waals surface area (Å²) in [6.07, 6.45) is 6.61. The molecule has 0 saturated carbocycles. The van der Waals surface area contributed by atoms with Crippen molar-refractivity contribution in [3.8, 4) is 0 Å². The van der Waals surface area contributed by atoms with E-state index in [1.54, 1.807) is 18.0 Å². The van der Waals surface area contributed by atoms with Crippen LogP contribution in [0.5, 0.6) is 0 Å². The average Bonchev–Trinajstić information content (AvgIpc) is 2.61. The van der Waals surface area contributed by atoms with Crippen LogP contribution in [0.1, 0.15) is 12.2 Å². The van der Waals surface area contributed by atoms with Crippen LogP contribution in [0.2, 0.25) is 0 Å². The number of nitrogens with one attached hydrogen (secondary N) is 1. The number of hydrogen-bond donors (Lipinski definition) is 2. The minimum atomic E-state index is 0.235. The first-order valence-electron chi connectivity index (χ1n) is 5.07. The molecule has 0 aromatic carbocycles. The second-order valence-corrected chi connectivity index (χ2v) is 4.41. The molecule has 0 amide bonds. The summed E-state index contributed by atoms with van der Waals surface area (Å²) in [5.41, 5.74) is 0. The van der Waals surface area contributed by atoms with Gasteiger partial charge in [-0.1, -0.05) is 0 Å². The van der Waals surface area contributed by atoms with Crippen molar-refractivity contribution in [2.75, 3.05) is 18.6 Å². The SMILES string of the molecule is CSCC(CCO)NCc1nccn1C. The Morgan fingerprint density at radius 2 is 2.47 bits per heavy atom. The summed E-state index contributed by atoms with van der Waals surface area (Å²) in [7, 11) is 1.99. The molecule has 15 heavy (non-hydrogen) atoms. The Kier molecular flexibility index (Phi) is 5.75. The van der Waals surface area contributed by atoms with Gasteiger partial charge in [0.1, 0.15) is 5.82 Å². The topological polar surface area (TPSA) is 50.1 Å². The van der Waals surface area contributed by atoms with E-state index < -0.39 is 0 Å². The van der Waals surface area contributed by atoms with E-state index >= 15 is 0 Å².